The fraction of sp³-hybridized carbons (Fsp3) is 0.667. The first-order valence-corrected chi connectivity index (χ1v) is 9.35. The first-order valence-electron chi connectivity index (χ1n) is 7.53. The number of aryl methyl sites for hydroxylation is 1. The van der Waals surface area contributed by atoms with Crippen LogP contribution in [0.3, 0.4) is 0 Å². The van der Waals surface area contributed by atoms with Gasteiger partial charge in [0.05, 0.1) is 11.5 Å². The van der Waals surface area contributed by atoms with E-state index in [0.29, 0.717) is 12.2 Å². The van der Waals surface area contributed by atoms with Gasteiger partial charge in [-0.15, -0.1) is 0 Å². The Morgan fingerprint density at radius 3 is 2.76 bits per heavy atom. The van der Waals surface area contributed by atoms with Gasteiger partial charge in [0, 0.05) is 25.3 Å². The second-order valence-corrected chi connectivity index (χ2v) is 8.00. The van der Waals surface area contributed by atoms with E-state index < -0.39 is 9.84 Å². The smallest absolute Gasteiger partial charge is 0.152 e. The van der Waals surface area contributed by atoms with Crippen molar-refractivity contribution in [2.45, 2.75) is 38.8 Å². The predicted octanol–water partition coefficient (Wildman–Crippen LogP) is 1.38. The van der Waals surface area contributed by atoms with Gasteiger partial charge in [-0.1, -0.05) is 13.3 Å². The van der Waals surface area contributed by atoms with Crippen molar-refractivity contribution >= 4 is 15.7 Å². The van der Waals surface area contributed by atoms with E-state index in [-0.39, 0.29) is 11.8 Å². The maximum Gasteiger partial charge on any atom is 0.152 e. The highest BCUT2D eigenvalue weighted by Gasteiger charge is 2.31. The summed E-state index contributed by atoms with van der Waals surface area (Å²) >= 11 is 0. The lowest BCUT2D eigenvalue weighted by molar-refractivity contribution is 0.600. The third kappa shape index (κ3) is 4.17. The largest absolute Gasteiger partial charge is 0.356 e. The number of anilines is 1. The minimum Gasteiger partial charge on any atom is -0.356 e. The number of rotatable bonds is 6. The minimum atomic E-state index is -2.87. The maximum absolute atomic E-state index is 11.7. The van der Waals surface area contributed by atoms with Gasteiger partial charge in [0.2, 0.25) is 0 Å². The van der Waals surface area contributed by atoms with Crippen molar-refractivity contribution in [2.24, 2.45) is 0 Å². The molecule has 1 atom stereocenters. The second-order valence-electron chi connectivity index (χ2n) is 5.77. The first kappa shape index (κ1) is 16.2. The lowest BCUT2D eigenvalue weighted by atomic mass is 10.1. The molecule has 0 radical (unpaired) electrons. The lowest BCUT2D eigenvalue weighted by Gasteiger charge is -2.25. The van der Waals surface area contributed by atoms with Crippen LogP contribution in [0.5, 0.6) is 0 Å². The Labute approximate surface area is 127 Å². The Hall–Kier alpha value is -1.14. The molecule has 0 saturated carbocycles. The number of hydrogen-bond acceptors (Lipinski definition) is 5. The van der Waals surface area contributed by atoms with E-state index in [1.54, 1.807) is 0 Å². The van der Waals surface area contributed by atoms with E-state index >= 15 is 0 Å². The zero-order chi connectivity index (χ0) is 15.5. The predicted molar refractivity (Wildman–Crippen MR) is 86.5 cm³/mol. The molecule has 2 rings (SSSR count). The number of pyridine rings is 1. The molecule has 2 heterocycles. The van der Waals surface area contributed by atoms with E-state index in [2.05, 4.69) is 24.4 Å². The lowest BCUT2D eigenvalue weighted by Crippen LogP contribution is -2.33. The Bertz CT molecular complexity index is 562. The van der Waals surface area contributed by atoms with Crippen LogP contribution >= 0.6 is 0 Å². The Balaban J connectivity index is 2.24. The van der Waals surface area contributed by atoms with Crippen LogP contribution in [0.25, 0.3) is 0 Å². The average Bonchev–Trinajstić information content (AvgIpc) is 2.79. The molecule has 0 spiro atoms. The monoisotopic (exact) mass is 311 g/mol. The summed E-state index contributed by atoms with van der Waals surface area (Å²) in [7, 11) is 1.00. The molecule has 0 amide bonds. The average molecular weight is 311 g/mol. The van der Waals surface area contributed by atoms with E-state index in [1.165, 1.54) is 5.56 Å². The molecule has 1 saturated heterocycles. The van der Waals surface area contributed by atoms with Crippen molar-refractivity contribution in [2.75, 3.05) is 30.5 Å². The van der Waals surface area contributed by atoms with E-state index in [9.17, 15) is 8.42 Å². The molecule has 1 N–H and O–H groups in total. The maximum atomic E-state index is 11.7. The highest BCUT2D eigenvalue weighted by Crippen LogP contribution is 2.23. The van der Waals surface area contributed by atoms with E-state index in [1.807, 2.05) is 19.0 Å². The topological polar surface area (TPSA) is 62.3 Å². The summed E-state index contributed by atoms with van der Waals surface area (Å²) in [6.07, 6.45) is 2.69. The summed E-state index contributed by atoms with van der Waals surface area (Å²) in [6.45, 7) is 2.93. The SMILES string of the molecule is CCCc1cc(CNC)cc(N(C)C2CCS(=O)(=O)C2)n1. The van der Waals surface area contributed by atoms with Crippen LogP contribution < -0.4 is 10.2 Å². The van der Waals surface area contributed by atoms with Gasteiger partial charge in [0.15, 0.2) is 9.84 Å². The number of sulfone groups is 1. The van der Waals surface area contributed by atoms with Crippen LogP contribution in [0.1, 0.15) is 31.0 Å². The van der Waals surface area contributed by atoms with Crippen LogP contribution in [0.4, 0.5) is 5.82 Å². The van der Waals surface area contributed by atoms with Crippen molar-refractivity contribution in [3.63, 3.8) is 0 Å². The van der Waals surface area contributed by atoms with Crippen LogP contribution in [0, 0.1) is 0 Å². The van der Waals surface area contributed by atoms with Crippen LogP contribution in [-0.2, 0) is 22.8 Å². The molecule has 118 valence electrons. The van der Waals surface area contributed by atoms with Gasteiger partial charge in [0.1, 0.15) is 5.82 Å². The molecule has 21 heavy (non-hydrogen) atoms. The van der Waals surface area contributed by atoms with Gasteiger partial charge in [-0.05, 0) is 37.6 Å². The summed E-state index contributed by atoms with van der Waals surface area (Å²) in [5.41, 5.74) is 2.27. The van der Waals surface area contributed by atoms with Crippen LogP contribution in [-0.4, -0.2) is 45.0 Å². The zero-order valence-electron chi connectivity index (χ0n) is 13.1. The molecule has 0 aliphatic carbocycles. The number of aromatic nitrogens is 1. The van der Waals surface area contributed by atoms with Crippen molar-refractivity contribution in [1.29, 1.82) is 0 Å². The molecule has 6 heteroatoms. The Kier molecular flexibility index (Phi) is 5.22. The molecular weight excluding hydrogens is 286 g/mol. The summed E-state index contributed by atoms with van der Waals surface area (Å²) in [6, 6.07) is 4.23. The van der Waals surface area contributed by atoms with Gasteiger partial charge in [-0.3, -0.25) is 0 Å². The Morgan fingerprint density at radius 2 is 2.19 bits per heavy atom. The van der Waals surface area contributed by atoms with Crippen molar-refractivity contribution in [3.8, 4) is 0 Å². The number of nitrogens with zero attached hydrogens (tertiary/aromatic N) is 2. The summed E-state index contributed by atoms with van der Waals surface area (Å²) < 4.78 is 23.3. The van der Waals surface area contributed by atoms with Gasteiger partial charge in [-0.25, -0.2) is 13.4 Å². The minimum absolute atomic E-state index is 0.0433. The standard InChI is InChI=1S/C15H25N3O2S/c1-4-5-13-8-12(10-16-2)9-15(17-13)18(3)14-6-7-21(19,20)11-14/h8-9,14,16H,4-7,10-11H2,1-3H3. The molecular formula is C15H25N3O2S. The highest BCUT2D eigenvalue weighted by molar-refractivity contribution is 7.91. The zero-order valence-corrected chi connectivity index (χ0v) is 13.9. The van der Waals surface area contributed by atoms with Crippen LogP contribution in [0.15, 0.2) is 12.1 Å². The fourth-order valence-electron chi connectivity index (χ4n) is 2.77. The van der Waals surface area contributed by atoms with E-state index in [4.69, 9.17) is 4.98 Å². The molecule has 1 aromatic heterocycles. The summed E-state index contributed by atoms with van der Waals surface area (Å²) in [5.74, 6) is 1.42. The molecule has 1 aliphatic heterocycles. The molecule has 1 aromatic rings. The van der Waals surface area contributed by atoms with Gasteiger partial charge >= 0.3 is 0 Å². The normalized spacial score (nSPS) is 20.6. The molecule has 0 bridgehead atoms. The fourth-order valence-corrected chi connectivity index (χ4v) is 4.55. The Morgan fingerprint density at radius 1 is 1.43 bits per heavy atom. The van der Waals surface area contributed by atoms with Crippen molar-refractivity contribution < 1.29 is 8.42 Å². The number of hydrogen-bond donors (Lipinski definition) is 1. The molecule has 1 unspecified atom stereocenters. The summed E-state index contributed by atoms with van der Waals surface area (Å²) in [5, 5.41) is 3.16. The highest BCUT2D eigenvalue weighted by atomic mass is 32.2. The van der Waals surface area contributed by atoms with Crippen molar-refractivity contribution in [1.82, 2.24) is 10.3 Å². The third-order valence-corrected chi connectivity index (χ3v) is 5.68. The number of nitrogens with one attached hydrogen (secondary N) is 1. The third-order valence-electron chi connectivity index (χ3n) is 3.93. The molecule has 0 aromatic carbocycles. The van der Waals surface area contributed by atoms with Crippen molar-refractivity contribution in [3.05, 3.63) is 23.4 Å². The quantitative estimate of drug-likeness (QED) is 0.860. The summed E-state index contributed by atoms with van der Waals surface area (Å²) in [4.78, 5) is 6.73. The van der Waals surface area contributed by atoms with Gasteiger partial charge < -0.3 is 10.2 Å². The molecule has 1 fully saturated rings. The first-order chi connectivity index (χ1) is 9.95. The molecule has 5 nitrogen and oxygen atoms in total. The second kappa shape index (κ2) is 6.75. The van der Waals surface area contributed by atoms with Crippen LogP contribution in [0.2, 0.25) is 0 Å². The van der Waals surface area contributed by atoms with Gasteiger partial charge in [-0.2, -0.15) is 0 Å². The van der Waals surface area contributed by atoms with E-state index in [0.717, 1.165) is 30.9 Å². The molecule has 1 aliphatic rings. The van der Waals surface area contributed by atoms with Gasteiger partial charge in [0.25, 0.3) is 0 Å².